The minimum absolute atomic E-state index is 0.0313. The summed E-state index contributed by atoms with van der Waals surface area (Å²) < 4.78 is 27.6. The lowest BCUT2D eigenvalue weighted by Crippen LogP contribution is -2.70. The number of rotatable bonds is 5. The van der Waals surface area contributed by atoms with Crippen molar-refractivity contribution in [1.82, 2.24) is 9.62 Å². The number of benzene rings is 2. The molecule has 31 heavy (non-hydrogen) atoms. The number of hydrogen-bond acceptors (Lipinski definition) is 4. The number of amides is 2. The van der Waals surface area contributed by atoms with Crippen molar-refractivity contribution in [2.24, 2.45) is 0 Å². The molecule has 1 saturated carbocycles. The quantitative estimate of drug-likeness (QED) is 0.773. The highest BCUT2D eigenvalue weighted by Gasteiger charge is 2.56. The topological polar surface area (TPSA) is 83.6 Å². The fraction of sp³-hybridized carbons (Fsp3) is 0.417. The van der Waals surface area contributed by atoms with Gasteiger partial charge in [-0.15, -0.1) is 0 Å². The summed E-state index contributed by atoms with van der Waals surface area (Å²) in [5.41, 5.74) is 0.0772. The van der Waals surface area contributed by atoms with E-state index in [9.17, 15) is 18.0 Å². The van der Waals surface area contributed by atoms with Gasteiger partial charge in [-0.25, -0.2) is 13.1 Å². The summed E-state index contributed by atoms with van der Waals surface area (Å²) in [4.78, 5) is 28.4. The molecule has 1 heterocycles. The van der Waals surface area contributed by atoms with E-state index in [4.69, 9.17) is 0 Å². The van der Waals surface area contributed by atoms with Crippen LogP contribution in [-0.2, 0) is 25.0 Å². The van der Waals surface area contributed by atoms with Gasteiger partial charge >= 0.3 is 0 Å². The molecule has 0 bridgehead atoms. The summed E-state index contributed by atoms with van der Waals surface area (Å²) in [5.74, 6) is -0.735. The molecule has 0 spiro atoms. The highest BCUT2D eigenvalue weighted by atomic mass is 32.2. The van der Waals surface area contributed by atoms with Crippen LogP contribution in [0.3, 0.4) is 0 Å². The molecule has 1 aliphatic heterocycles. The average molecular weight is 441 g/mol. The molecule has 0 aromatic heterocycles. The van der Waals surface area contributed by atoms with Crippen LogP contribution in [0, 0.1) is 6.92 Å². The van der Waals surface area contributed by atoms with Gasteiger partial charge in [-0.05, 0) is 50.8 Å². The molecule has 2 amide bonds. The zero-order valence-electron chi connectivity index (χ0n) is 17.9. The predicted molar refractivity (Wildman–Crippen MR) is 118 cm³/mol. The van der Waals surface area contributed by atoms with E-state index in [-0.39, 0.29) is 10.8 Å². The standard InChI is InChI=1S/C24H28N2O4S/c1-18-10-12-20(13-11-18)31(29,30)25-21(27)23(2)16-17-26(23)22(28)24(14-6-7-15-24)19-8-4-3-5-9-19/h3-5,8-13H,6-7,14-17H2,1-2H3,(H,25,27). The van der Waals surface area contributed by atoms with Crippen LogP contribution < -0.4 is 4.72 Å². The van der Waals surface area contributed by atoms with Gasteiger partial charge in [0.05, 0.1) is 10.3 Å². The zero-order chi connectivity index (χ0) is 22.3. The Morgan fingerprint density at radius 3 is 2.10 bits per heavy atom. The summed E-state index contributed by atoms with van der Waals surface area (Å²) in [5, 5.41) is 0. The van der Waals surface area contributed by atoms with Crippen molar-refractivity contribution in [3.05, 3.63) is 65.7 Å². The van der Waals surface area contributed by atoms with Crippen molar-refractivity contribution < 1.29 is 18.0 Å². The molecule has 2 fully saturated rings. The number of likely N-dealkylation sites (tertiary alicyclic amines) is 1. The van der Waals surface area contributed by atoms with Gasteiger partial charge in [-0.1, -0.05) is 60.9 Å². The van der Waals surface area contributed by atoms with E-state index in [1.807, 2.05) is 37.3 Å². The molecule has 164 valence electrons. The van der Waals surface area contributed by atoms with E-state index >= 15 is 0 Å². The van der Waals surface area contributed by atoms with Gasteiger partial charge in [0.1, 0.15) is 5.54 Å². The number of nitrogens with zero attached hydrogens (tertiary/aromatic N) is 1. The third kappa shape index (κ3) is 3.65. The molecule has 1 N–H and O–H groups in total. The van der Waals surface area contributed by atoms with Crippen molar-refractivity contribution in [2.45, 2.75) is 61.8 Å². The number of nitrogens with one attached hydrogen (secondary N) is 1. The number of carbonyl (C=O) groups is 2. The van der Waals surface area contributed by atoms with E-state index in [1.54, 1.807) is 24.0 Å². The van der Waals surface area contributed by atoms with E-state index < -0.39 is 26.9 Å². The molecule has 7 heteroatoms. The molecular formula is C24H28N2O4S. The van der Waals surface area contributed by atoms with Gasteiger partial charge in [0.2, 0.25) is 5.91 Å². The van der Waals surface area contributed by atoms with Gasteiger partial charge in [0.15, 0.2) is 0 Å². The summed E-state index contributed by atoms with van der Waals surface area (Å²) in [6.07, 6.45) is 3.83. The number of carbonyl (C=O) groups excluding carboxylic acids is 2. The second-order valence-electron chi connectivity index (χ2n) is 8.88. The third-order valence-corrected chi connectivity index (χ3v) is 8.25. The van der Waals surface area contributed by atoms with Crippen molar-refractivity contribution in [2.75, 3.05) is 6.54 Å². The molecule has 2 aromatic rings. The monoisotopic (exact) mass is 440 g/mol. The lowest BCUT2D eigenvalue weighted by molar-refractivity contribution is -0.161. The molecule has 1 unspecified atom stereocenters. The molecule has 1 saturated heterocycles. The van der Waals surface area contributed by atoms with Gasteiger partial charge in [-0.2, -0.15) is 0 Å². The predicted octanol–water partition coefficient (Wildman–Crippen LogP) is 3.30. The fourth-order valence-electron chi connectivity index (χ4n) is 4.75. The van der Waals surface area contributed by atoms with E-state index in [0.29, 0.717) is 13.0 Å². The summed E-state index contributed by atoms with van der Waals surface area (Å²) >= 11 is 0. The second-order valence-corrected chi connectivity index (χ2v) is 10.6. The van der Waals surface area contributed by atoms with Crippen LogP contribution in [-0.4, -0.2) is 37.2 Å². The number of aryl methyl sites for hydroxylation is 1. The maximum Gasteiger partial charge on any atom is 0.264 e. The van der Waals surface area contributed by atoms with Crippen LogP contribution >= 0.6 is 0 Å². The van der Waals surface area contributed by atoms with Crippen LogP contribution in [0.4, 0.5) is 0 Å². The van der Waals surface area contributed by atoms with Crippen LogP contribution in [0.25, 0.3) is 0 Å². The largest absolute Gasteiger partial charge is 0.327 e. The second kappa shape index (κ2) is 7.79. The van der Waals surface area contributed by atoms with Crippen molar-refractivity contribution >= 4 is 21.8 Å². The first-order valence-electron chi connectivity index (χ1n) is 10.7. The Hall–Kier alpha value is -2.67. The Morgan fingerprint density at radius 2 is 1.55 bits per heavy atom. The molecular weight excluding hydrogens is 412 g/mol. The molecule has 4 rings (SSSR count). The molecule has 2 aliphatic rings. The normalized spacial score (nSPS) is 22.6. The van der Waals surface area contributed by atoms with E-state index in [1.165, 1.54) is 12.1 Å². The molecule has 2 aromatic carbocycles. The first kappa shape index (κ1) is 21.6. The van der Waals surface area contributed by atoms with Gasteiger partial charge in [0, 0.05) is 6.54 Å². The average Bonchev–Trinajstić information content (AvgIpc) is 3.24. The molecule has 1 aliphatic carbocycles. The minimum atomic E-state index is -4.01. The van der Waals surface area contributed by atoms with Crippen LogP contribution in [0.15, 0.2) is 59.5 Å². The summed E-state index contributed by atoms with van der Waals surface area (Å²) in [6.45, 7) is 3.96. The Kier molecular flexibility index (Phi) is 5.41. The number of sulfonamides is 1. The lowest BCUT2D eigenvalue weighted by Gasteiger charge is -2.52. The lowest BCUT2D eigenvalue weighted by atomic mass is 9.74. The van der Waals surface area contributed by atoms with Crippen molar-refractivity contribution in [3.8, 4) is 0 Å². The Balaban J connectivity index is 1.58. The SMILES string of the molecule is Cc1ccc(S(=O)(=O)NC(=O)C2(C)CCN2C(=O)C2(c3ccccc3)CCCC2)cc1. The Labute approximate surface area is 183 Å². The molecule has 1 atom stereocenters. The maximum atomic E-state index is 13.7. The maximum absolute atomic E-state index is 13.7. The smallest absolute Gasteiger partial charge is 0.264 e. The summed E-state index contributed by atoms with van der Waals surface area (Å²) in [6, 6.07) is 16.0. The third-order valence-electron chi connectivity index (χ3n) is 6.90. The van der Waals surface area contributed by atoms with E-state index in [0.717, 1.165) is 36.8 Å². The van der Waals surface area contributed by atoms with Crippen LogP contribution in [0.2, 0.25) is 0 Å². The zero-order valence-corrected chi connectivity index (χ0v) is 18.7. The van der Waals surface area contributed by atoms with Crippen LogP contribution in [0.5, 0.6) is 0 Å². The minimum Gasteiger partial charge on any atom is -0.327 e. The van der Waals surface area contributed by atoms with Crippen molar-refractivity contribution in [3.63, 3.8) is 0 Å². The van der Waals surface area contributed by atoms with E-state index in [2.05, 4.69) is 4.72 Å². The first-order valence-corrected chi connectivity index (χ1v) is 12.2. The highest BCUT2D eigenvalue weighted by molar-refractivity contribution is 7.90. The van der Waals surface area contributed by atoms with Crippen LogP contribution in [0.1, 0.15) is 50.2 Å². The van der Waals surface area contributed by atoms with Gasteiger partial charge in [-0.3, -0.25) is 9.59 Å². The Morgan fingerprint density at radius 1 is 0.935 bits per heavy atom. The van der Waals surface area contributed by atoms with Gasteiger partial charge < -0.3 is 4.90 Å². The summed E-state index contributed by atoms with van der Waals surface area (Å²) in [7, 11) is -4.01. The fourth-order valence-corrected chi connectivity index (χ4v) is 5.83. The van der Waals surface area contributed by atoms with Crippen molar-refractivity contribution in [1.29, 1.82) is 0 Å². The Bertz CT molecular complexity index is 1090. The molecule has 6 nitrogen and oxygen atoms in total. The number of hydrogen-bond donors (Lipinski definition) is 1. The van der Waals surface area contributed by atoms with Gasteiger partial charge in [0.25, 0.3) is 15.9 Å². The highest BCUT2D eigenvalue weighted by Crippen LogP contribution is 2.46. The molecule has 0 radical (unpaired) electrons. The first-order chi connectivity index (χ1) is 14.7.